The van der Waals surface area contributed by atoms with Crippen molar-refractivity contribution in [2.24, 2.45) is 0 Å². The molecule has 1 heterocycles. The van der Waals surface area contributed by atoms with E-state index in [2.05, 4.69) is 0 Å². The second kappa shape index (κ2) is 9.66. The van der Waals surface area contributed by atoms with E-state index in [9.17, 15) is 23.6 Å². The van der Waals surface area contributed by atoms with Crippen LogP contribution < -0.4 is 4.74 Å². The fourth-order valence-electron chi connectivity index (χ4n) is 3.61. The van der Waals surface area contributed by atoms with Crippen molar-refractivity contribution in [1.82, 2.24) is 4.90 Å². The van der Waals surface area contributed by atoms with Crippen molar-refractivity contribution in [1.29, 1.82) is 0 Å². The highest BCUT2D eigenvalue weighted by molar-refractivity contribution is 6.21. The minimum Gasteiger partial charge on any atom is -0.493 e. The third-order valence-corrected chi connectivity index (χ3v) is 5.28. The first kappa shape index (κ1) is 22.8. The van der Waals surface area contributed by atoms with E-state index in [0.29, 0.717) is 16.7 Å². The summed E-state index contributed by atoms with van der Waals surface area (Å²) in [5, 5.41) is 0. The van der Waals surface area contributed by atoms with E-state index in [1.165, 1.54) is 18.2 Å². The maximum Gasteiger partial charge on any atom is 0.342 e. The lowest BCUT2D eigenvalue weighted by atomic mass is 10.1. The second-order valence-corrected chi connectivity index (χ2v) is 7.51. The van der Waals surface area contributed by atoms with Crippen LogP contribution in [0.3, 0.4) is 0 Å². The van der Waals surface area contributed by atoms with Crippen LogP contribution >= 0.6 is 0 Å². The van der Waals surface area contributed by atoms with E-state index in [1.54, 1.807) is 43.3 Å². The standard InChI is InChI=1S/C26H20FNO6/c1-2-33-23-12-7-16(14-28-24(30)19-5-3-4-6-20(19)25(28)31)13-21(23)26(32)34-15-22(29)17-8-10-18(27)11-9-17/h3-13H,2,14-15H2,1H3. The predicted molar refractivity (Wildman–Crippen MR) is 119 cm³/mol. The third kappa shape index (κ3) is 4.56. The Morgan fingerprint density at radius 3 is 2.18 bits per heavy atom. The van der Waals surface area contributed by atoms with Crippen LogP contribution in [-0.4, -0.2) is 41.7 Å². The molecule has 0 saturated heterocycles. The number of amides is 2. The first-order valence-corrected chi connectivity index (χ1v) is 10.6. The Balaban J connectivity index is 1.51. The summed E-state index contributed by atoms with van der Waals surface area (Å²) >= 11 is 0. The molecule has 0 aliphatic carbocycles. The number of ether oxygens (including phenoxy) is 2. The number of ketones is 1. The van der Waals surface area contributed by atoms with Crippen molar-refractivity contribution in [3.05, 3.63) is 100 Å². The second-order valence-electron chi connectivity index (χ2n) is 7.51. The Labute approximate surface area is 194 Å². The molecule has 0 spiro atoms. The van der Waals surface area contributed by atoms with Crippen LogP contribution in [0.4, 0.5) is 4.39 Å². The quantitative estimate of drug-likeness (QED) is 0.286. The van der Waals surface area contributed by atoms with E-state index in [1.807, 2.05) is 0 Å². The van der Waals surface area contributed by atoms with Crippen molar-refractivity contribution >= 4 is 23.6 Å². The number of nitrogens with zero attached hydrogens (tertiary/aromatic N) is 1. The molecule has 3 aromatic carbocycles. The number of fused-ring (bicyclic) bond motifs is 1. The monoisotopic (exact) mass is 461 g/mol. The molecule has 172 valence electrons. The summed E-state index contributed by atoms with van der Waals surface area (Å²) in [6.07, 6.45) is 0. The fourth-order valence-corrected chi connectivity index (χ4v) is 3.61. The first-order chi connectivity index (χ1) is 16.4. The predicted octanol–water partition coefficient (Wildman–Crippen LogP) is 4.06. The van der Waals surface area contributed by atoms with Crippen molar-refractivity contribution < 1.29 is 33.0 Å². The van der Waals surface area contributed by atoms with Gasteiger partial charge in [0.25, 0.3) is 11.8 Å². The zero-order chi connectivity index (χ0) is 24.2. The normalized spacial score (nSPS) is 12.5. The molecule has 0 bridgehead atoms. The smallest absolute Gasteiger partial charge is 0.342 e. The van der Waals surface area contributed by atoms with Crippen molar-refractivity contribution in [3.8, 4) is 5.75 Å². The molecule has 4 rings (SSSR count). The molecule has 3 aromatic rings. The molecule has 7 nitrogen and oxygen atoms in total. The average molecular weight is 461 g/mol. The molecule has 0 atom stereocenters. The van der Waals surface area contributed by atoms with Gasteiger partial charge in [0, 0.05) is 5.56 Å². The van der Waals surface area contributed by atoms with Crippen LogP contribution in [-0.2, 0) is 11.3 Å². The summed E-state index contributed by atoms with van der Waals surface area (Å²) in [4.78, 5) is 51.5. The number of esters is 1. The Bertz CT molecular complexity index is 1250. The van der Waals surface area contributed by atoms with Gasteiger partial charge in [-0.3, -0.25) is 19.3 Å². The van der Waals surface area contributed by atoms with E-state index < -0.39 is 36.0 Å². The number of hydrogen-bond acceptors (Lipinski definition) is 6. The number of hydrogen-bond donors (Lipinski definition) is 0. The van der Waals surface area contributed by atoms with Crippen LogP contribution in [0.2, 0.25) is 0 Å². The molecular weight excluding hydrogens is 441 g/mol. The van der Waals surface area contributed by atoms with Crippen molar-refractivity contribution in [2.45, 2.75) is 13.5 Å². The third-order valence-electron chi connectivity index (χ3n) is 5.28. The Morgan fingerprint density at radius 1 is 0.912 bits per heavy atom. The number of halogens is 1. The maximum atomic E-state index is 13.1. The molecule has 34 heavy (non-hydrogen) atoms. The van der Waals surface area contributed by atoms with Crippen LogP contribution in [0.15, 0.2) is 66.7 Å². The zero-order valence-corrected chi connectivity index (χ0v) is 18.2. The van der Waals surface area contributed by atoms with Gasteiger partial charge >= 0.3 is 5.97 Å². The van der Waals surface area contributed by atoms with Crippen molar-refractivity contribution in [2.75, 3.05) is 13.2 Å². The van der Waals surface area contributed by atoms with E-state index in [4.69, 9.17) is 9.47 Å². The molecular formula is C26H20FNO6. The van der Waals surface area contributed by atoms with E-state index in [0.717, 1.165) is 17.0 Å². The van der Waals surface area contributed by atoms with Gasteiger partial charge in [0.05, 0.1) is 24.3 Å². The molecule has 0 N–H and O–H groups in total. The molecule has 0 fully saturated rings. The number of carbonyl (C=O) groups is 4. The summed E-state index contributed by atoms with van der Waals surface area (Å²) in [5.41, 5.74) is 1.44. The van der Waals surface area contributed by atoms with Gasteiger partial charge in [0.15, 0.2) is 12.4 Å². The number of rotatable bonds is 8. The number of imide groups is 1. The SMILES string of the molecule is CCOc1ccc(CN2C(=O)c3ccccc3C2=O)cc1C(=O)OCC(=O)c1ccc(F)cc1. The van der Waals surface area contributed by atoms with Gasteiger partial charge in [0.2, 0.25) is 0 Å². The Morgan fingerprint density at radius 2 is 1.56 bits per heavy atom. The van der Waals surface area contributed by atoms with E-state index >= 15 is 0 Å². The van der Waals surface area contributed by atoms with Crippen LogP contribution in [0.1, 0.15) is 53.9 Å². The van der Waals surface area contributed by atoms with E-state index in [-0.39, 0.29) is 30.0 Å². The Kier molecular flexibility index (Phi) is 6.49. The lowest BCUT2D eigenvalue weighted by Gasteiger charge is -2.16. The summed E-state index contributed by atoms with van der Waals surface area (Å²) in [6.45, 7) is 1.44. The maximum absolute atomic E-state index is 13.1. The van der Waals surface area contributed by atoms with Crippen LogP contribution in [0.5, 0.6) is 5.75 Å². The zero-order valence-electron chi connectivity index (χ0n) is 18.2. The number of carbonyl (C=O) groups excluding carboxylic acids is 4. The minimum atomic E-state index is -0.803. The van der Waals surface area contributed by atoms with Gasteiger partial charge in [-0.1, -0.05) is 18.2 Å². The summed E-state index contributed by atoms with van der Waals surface area (Å²) < 4.78 is 23.7. The average Bonchev–Trinajstić information content (AvgIpc) is 3.08. The molecule has 2 amide bonds. The highest BCUT2D eigenvalue weighted by atomic mass is 19.1. The molecule has 0 radical (unpaired) electrons. The number of benzene rings is 3. The Hall–Kier alpha value is -4.33. The summed E-state index contributed by atoms with van der Waals surface area (Å²) in [6, 6.07) is 16.1. The first-order valence-electron chi connectivity index (χ1n) is 10.6. The number of Topliss-reactive ketones (excluding diaryl/α,β-unsaturated/α-hetero) is 1. The molecule has 8 heteroatoms. The van der Waals surface area contributed by atoms with Gasteiger partial charge in [-0.2, -0.15) is 0 Å². The highest BCUT2D eigenvalue weighted by Crippen LogP contribution is 2.27. The van der Waals surface area contributed by atoms with Crippen LogP contribution in [0, 0.1) is 5.82 Å². The molecule has 0 unspecified atom stereocenters. The van der Waals surface area contributed by atoms with Gasteiger partial charge in [-0.15, -0.1) is 0 Å². The lowest BCUT2D eigenvalue weighted by molar-refractivity contribution is 0.0470. The van der Waals surface area contributed by atoms with Gasteiger partial charge in [0.1, 0.15) is 17.1 Å². The largest absolute Gasteiger partial charge is 0.493 e. The summed E-state index contributed by atoms with van der Waals surface area (Å²) in [5.74, 6) is -2.36. The van der Waals surface area contributed by atoms with Gasteiger partial charge < -0.3 is 9.47 Å². The topological polar surface area (TPSA) is 90.0 Å². The fraction of sp³-hybridized carbons (Fsp3) is 0.154. The minimum absolute atomic E-state index is 0.0481. The van der Waals surface area contributed by atoms with Crippen LogP contribution in [0.25, 0.3) is 0 Å². The molecule has 1 aliphatic rings. The van der Waals surface area contributed by atoms with Crippen molar-refractivity contribution in [3.63, 3.8) is 0 Å². The lowest BCUT2D eigenvalue weighted by Crippen LogP contribution is -2.29. The molecule has 1 aliphatic heterocycles. The molecule has 0 aromatic heterocycles. The highest BCUT2D eigenvalue weighted by Gasteiger charge is 2.35. The van der Waals surface area contributed by atoms with Gasteiger partial charge in [-0.25, -0.2) is 9.18 Å². The molecule has 0 saturated carbocycles. The summed E-state index contributed by atoms with van der Waals surface area (Å²) in [7, 11) is 0. The van der Waals surface area contributed by atoms with Gasteiger partial charge in [-0.05, 0) is 61.0 Å².